The van der Waals surface area contributed by atoms with Gasteiger partial charge in [-0.3, -0.25) is 9.59 Å². The molecule has 4 amide bonds. The second-order valence-electron chi connectivity index (χ2n) is 8.00. The highest BCUT2D eigenvalue weighted by molar-refractivity contribution is 6.11. The van der Waals surface area contributed by atoms with E-state index in [1.807, 2.05) is 38.1 Å². The number of imide groups is 1. The molecule has 1 aromatic rings. The average Bonchev–Trinajstić information content (AvgIpc) is 2.98. The van der Waals surface area contributed by atoms with E-state index in [4.69, 9.17) is 4.74 Å². The van der Waals surface area contributed by atoms with Crippen molar-refractivity contribution in [3.05, 3.63) is 24.3 Å². The molecule has 2 aliphatic rings. The molecule has 0 aliphatic carbocycles. The van der Waals surface area contributed by atoms with Gasteiger partial charge in [0, 0.05) is 24.5 Å². The molecule has 0 saturated carbocycles. The van der Waals surface area contributed by atoms with Crippen LogP contribution in [-0.4, -0.2) is 60.6 Å². The van der Waals surface area contributed by atoms with Crippen LogP contribution in [-0.2, 0) is 14.3 Å². The summed E-state index contributed by atoms with van der Waals surface area (Å²) in [5.74, 6) is -0.692. The Bertz CT molecular complexity index is 768. The van der Waals surface area contributed by atoms with Gasteiger partial charge in [-0.15, -0.1) is 0 Å². The molecule has 8 heteroatoms. The average molecular weight is 417 g/mol. The van der Waals surface area contributed by atoms with E-state index in [2.05, 4.69) is 15.5 Å². The molecular weight excluding hydrogens is 384 g/mol. The number of nitrogens with zero attached hydrogens (tertiary/aromatic N) is 2. The number of urea groups is 1. The highest BCUT2D eigenvalue weighted by atomic mass is 16.5. The van der Waals surface area contributed by atoms with E-state index in [1.165, 1.54) is 0 Å². The Hall–Kier alpha value is -2.61. The smallest absolute Gasteiger partial charge is 0.325 e. The van der Waals surface area contributed by atoms with Gasteiger partial charge in [0.25, 0.3) is 5.91 Å². The lowest BCUT2D eigenvalue weighted by atomic mass is 9.88. The summed E-state index contributed by atoms with van der Waals surface area (Å²) in [6.45, 7) is 8.65. The molecule has 0 radical (unpaired) electrons. The van der Waals surface area contributed by atoms with E-state index in [1.54, 1.807) is 6.92 Å². The topological polar surface area (TPSA) is 91.0 Å². The first kappa shape index (κ1) is 22.1. The predicted octanol–water partition coefficient (Wildman–Crippen LogP) is 2.74. The fourth-order valence-electron chi connectivity index (χ4n) is 4.25. The first-order valence-electron chi connectivity index (χ1n) is 10.8. The zero-order valence-corrected chi connectivity index (χ0v) is 18.1. The van der Waals surface area contributed by atoms with Crippen LogP contribution >= 0.6 is 0 Å². The normalized spacial score (nSPS) is 19.6. The lowest BCUT2D eigenvalue weighted by Gasteiger charge is -2.29. The minimum Gasteiger partial charge on any atom is -0.378 e. The monoisotopic (exact) mass is 416 g/mol. The van der Waals surface area contributed by atoms with Crippen molar-refractivity contribution in [2.75, 3.05) is 36.5 Å². The third-order valence-corrected chi connectivity index (χ3v) is 5.82. The molecule has 2 saturated heterocycles. The molecule has 0 aromatic heterocycles. The van der Waals surface area contributed by atoms with Gasteiger partial charge in [0.2, 0.25) is 5.91 Å². The largest absolute Gasteiger partial charge is 0.378 e. The Labute approximate surface area is 177 Å². The Morgan fingerprint density at radius 2 is 1.73 bits per heavy atom. The lowest BCUT2D eigenvalue weighted by Crippen LogP contribution is -2.49. The van der Waals surface area contributed by atoms with Crippen LogP contribution in [0.5, 0.6) is 0 Å². The number of rotatable bonds is 8. The highest BCUT2D eigenvalue weighted by Gasteiger charge is 2.52. The number of hydrogen-bond acceptors (Lipinski definition) is 5. The van der Waals surface area contributed by atoms with Gasteiger partial charge in [0.05, 0.1) is 13.2 Å². The molecule has 8 nitrogen and oxygen atoms in total. The molecule has 2 N–H and O–H groups in total. The number of amides is 4. The van der Waals surface area contributed by atoms with Crippen LogP contribution in [0.3, 0.4) is 0 Å². The predicted molar refractivity (Wildman–Crippen MR) is 115 cm³/mol. The quantitative estimate of drug-likeness (QED) is 0.636. The van der Waals surface area contributed by atoms with Crippen LogP contribution in [0.4, 0.5) is 16.2 Å². The number of ether oxygens (including phenoxy) is 1. The molecule has 1 unspecified atom stereocenters. The second kappa shape index (κ2) is 9.47. The Kier molecular flexibility index (Phi) is 6.97. The fraction of sp³-hybridized carbons (Fsp3) is 0.591. The maximum Gasteiger partial charge on any atom is 0.325 e. The molecule has 1 aromatic carbocycles. The third kappa shape index (κ3) is 4.43. The summed E-state index contributed by atoms with van der Waals surface area (Å²) in [4.78, 5) is 41.7. The molecule has 3 rings (SSSR count). The van der Waals surface area contributed by atoms with Crippen LogP contribution in [0.25, 0.3) is 0 Å². The van der Waals surface area contributed by atoms with Gasteiger partial charge in [0.1, 0.15) is 11.6 Å². The van der Waals surface area contributed by atoms with Crippen molar-refractivity contribution < 1.29 is 19.1 Å². The second-order valence-corrected chi connectivity index (χ2v) is 8.00. The van der Waals surface area contributed by atoms with Crippen molar-refractivity contribution in [2.24, 2.45) is 0 Å². The summed E-state index contributed by atoms with van der Waals surface area (Å²) in [6, 6.07) is 6.18. The maximum atomic E-state index is 13.1. The summed E-state index contributed by atoms with van der Waals surface area (Å²) in [7, 11) is 0. The Morgan fingerprint density at radius 1 is 1.13 bits per heavy atom. The van der Waals surface area contributed by atoms with Gasteiger partial charge in [-0.25, -0.2) is 9.69 Å². The van der Waals surface area contributed by atoms with Crippen LogP contribution in [0.2, 0.25) is 0 Å². The Balaban J connectivity index is 1.66. The van der Waals surface area contributed by atoms with Crippen molar-refractivity contribution in [3.63, 3.8) is 0 Å². The molecule has 2 aliphatic heterocycles. The van der Waals surface area contributed by atoms with Gasteiger partial charge < -0.3 is 20.3 Å². The summed E-state index contributed by atoms with van der Waals surface area (Å²) in [5, 5.41) is 5.68. The molecule has 0 spiro atoms. The molecular formula is C22H32N4O4. The summed E-state index contributed by atoms with van der Waals surface area (Å²) < 4.78 is 5.37. The maximum absolute atomic E-state index is 13.1. The van der Waals surface area contributed by atoms with E-state index in [0.717, 1.165) is 36.5 Å². The number of anilines is 2. The standard InChI is InChI=1S/C22H32N4O4/c1-4-10-22(11-5-2)20(28)26(21(29)24-22)16(3)19(27)23-17-6-8-18(9-7-17)25-12-14-30-15-13-25/h6-9,16H,4-5,10-15H2,1-3H3,(H,23,27)(H,24,29). The van der Waals surface area contributed by atoms with E-state index < -0.39 is 17.6 Å². The van der Waals surface area contributed by atoms with Crippen molar-refractivity contribution in [2.45, 2.75) is 58.0 Å². The lowest BCUT2D eigenvalue weighted by molar-refractivity contribution is -0.136. The molecule has 0 bridgehead atoms. The van der Waals surface area contributed by atoms with Crippen LogP contribution in [0.15, 0.2) is 24.3 Å². The Morgan fingerprint density at radius 3 is 2.30 bits per heavy atom. The van der Waals surface area contributed by atoms with E-state index in [9.17, 15) is 14.4 Å². The van der Waals surface area contributed by atoms with Crippen molar-refractivity contribution in [3.8, 4) is 0 Å². The summed E-state index contributed by atoms with van der Waals surface area (Å²) in [5.41, 5.74) is 0.807. The zero-order valence-electron chi connectivity index (χ0n) is 18.1. The third-order valence-electron chi connectivity index (χ3n) is 5.82. The zero-order chi connectivity index (χ0) is 21.7. The highest BCUT2D eigenvalue weighted by Crippen LogP contribution is 2.29. The first-order chi connectivity index (χ1) is 14.4. The summed E-state index contributed by atoms with van der Waals surface area (Å²) >= 11 is 0. The van der Waals surface area contributed by atoms with Gasteiger partial charge in [-0.1, -0.05) is 26.7 Å². The van der Waals surface area contributed by atoms with Crippen molar-refractivity contribution >= 4 is 29.2 Å². The number of hydrogen-bond donors (Lipinski definition) is 2. The van der Waals surface area contributed by atoms with Crippen molar-refractivity contribution in [1.29, 1.82) is 0 Å². The molecule has 2 heterocycles. The van der Waals surface area contributed by atoms with Gasteiger partial charge >= 0.3 is 6.03 Å². The van der Waals surface area contributed by atoms with Crippen LogP contribution < -0.4 is 15.5 Å². The summed E-state index contributed by atoms with van der Waals surface area (Å²) in [6.07, 6.45) is 2.68. The van der Waals surface area contributed by atoms with Gasteiger partial charge in [-0.2, -0.15) is 0 Å². The van der Waals surface area contributed by atoms with Crippen LogP contribution in [0.1, 0.15) is 46.5 Å². The number of carbonyl (C=O) groups excluding carboxylic acids is 3. The number of carbonyl (C=O) groups is 3. The van der Waals surface area contributed by atoms with Crippen molar-refractivity contribution in [1.82, 2.24) is 10.2 Å². The molecule has 164 valence electrons. The first-order valence-corrected chi connectivity index (χ1v) is 10.8. The SMILES string of the molecule is CCCC1(CCC)NC(=O)N(C(C)C(=O)Nc2ccc(N3CCOCC3)cc2)C1=O. The van der Waals surface area contributed by atoms with E-state index >= 15 is 0 Å². The van der Waals surface area contributed by atoms with Gasteiger partial charge in [0.15, 0.2) is 0 Å². The van der Waals surface area contributed by atoms with Gasteiger partial charge in [-0.05, 0) is 44.0 Å². The van der Waals surface area contributed by atoms with E-state index in [0.29, 0.717) is 31.7 Å². The van der Waals surface area contributed by atoms with Crippen LogP contribution in [0, 0.1) is 0 Å². The molecule has 30 heavy (non-hydrogen) atoms. The number of morpholine rings is 1. The number of benzene rings is 1. The number of nitrogens with one attached hydrogen (secondary N) is 2. The minimum absolute atomic E-state index is 0.304. The fourth-order valence-corrected chi connectivity index (χ4v) is 4.25. The molecule has 2 fully saturated rings. The van der Waals surface area contributed by atoms with E-state index in [-0.39, 0.29) is 11.8 Å². The minimum atomic E-state index is -0.896. The molecule has 1 atom stereocenters.